The summed E-state index contributed by atoms with van der Waals surface area (Å²) in [5.74, 6) is 2.24. The van der Waals surface area contributed by atoms with Gasteiger partial charge in [-0.2, -0.15) is 0 Å². The average molecular weight is 279 g/mol. The van der Waals surface area contributed by atoms with Gasteiger partial charge in [-0.3, -0.25) is 0 Å². The summed E-state index contributed by atoms with van der Waals surface area (Å²) in [6.45, 7) is 2.85. The second-order valence-electron chi connectivity index (χ2n) is 5.40. The van der Waals surface area contributed by atoms with Crippen LogP contribution in [-0.4, -0.2) is 26.9 Å². The summed E-state index contributed by atoms with van der Waals surface area (Å²) in [4.78, 5) is 0. The smallest absolute Gasteiger partial charge is 0.122 e. The molecule has 1 aliphatic carbocycles. The Morgan fingerprint density at radius 1 is 1.15 bits per heavy atom. The summed E-state index contributed by atoms with van der Waals surface area (Å²) in [5, 5.41) is 0. The maximum absolute atomic E-state index is 6.32. The maximum Gasteiger partial charge on any atom is 0.122 e. The average Bonchev–Trinajstić information content (AvgIpc) is 2.44. The lowest BCUT2D eigenvalue weighted by Crippen LogP contribution is -2.33. The highest BCUT2D eigenvalue weighted by molar-refractivity contribution is 5.39. The zero-order chi connectivity index (χ0) is 14.5. The molecule has 0 saturated heterocycles. The van der Waals surface area contributed by atoms with Crippen LogP contribution in [0.3, 0.4) is 0 Å². The minimum Gasteiger partial charge on any atom is -0.497 e. The van der Waals surface area contributed by atoms with E-state index in [4.69, 9.17) is 19.9 Å². The molecule has 0 aliphatic heterocycles. The van der Waals surface area contributed by atoms with Gasteiger partial charge >= 0.3 is 0 Å². The van der Waals surface area contributed by atoms with Crippen molar-refractivity contribution in [3.63, 3.8) is 0 Å². The van der Waals surface area contributed by atoms with Crippen LogP contribution in [0.1, 0.15) is 37.8 Å². The zero-order valence-corrected chi connectivity index (χ0v) is 12.6. The molecule has 1 saturated carbocycles. The van der Waals surface area contributed by atoms with Crippen LogP contribution >= 0.6 is 0 Å². The van der Waals surface area contributed by atoms with Gasteiger partial charge < -0.3 is 19.9 Å². The minimum absolute atomic E-state index is 0.0200. The molecule has 1 aromatic rings. The quantitative estimate of drug-likeness (QED) is 0.834. The number of nitrogens with two attached hydrogens (primary N) is 1. The topological polar surface area (TPSA) is 53.7 Å². The third-order valence-electron chi connectivity index (χ3n) is 3.98. The Morgan fingerprint density at radius 3 is 2.25 bits per heavy atom. The summed E-state index contributed by atoms with van der Waals surface area (Å²) in [6.07, 6.45) is 3.68. The SMILES string of the molecule is CCOC1CC(CC(N)c2cc(OC)cc(OC)c2)C1. The Bertz CT molecular complexity index is 407. The highest BCUT2D eigenvalue weighted by Crippen LogP contribution is 2.37. The van der Waals surface area contributed by atoms with E-state index in [1.807, 2.05) is 25.1 Å². The molecule has 1 atom stereocenters. The number of methoxy groups -OCH3 is 2. The Hall–Kier alpha value is -1.26. The zero-order valence-electron chi connectivity index (χ0n) is 12.6. The molecule has 0 bridgehead atoms. The van der Waals surface area contributed by atoms with Crippen LogP contribution in [0.5, 0.6) is 11.5 Å². The lowest BCUT2D eigenvalue weighted by Gasteiger charge is -2.36. The van der Waals surface area contributed by atoms with Crippen molar-refractivity contribution in [1.82, 2.24) is 0 Å². The highest BCUT2D eigenvalue weighted by atomic mass is 16.5. The van der Waals surface area contributed by atoms with E-state index in [-0.39, 0.29) is 6.04 Å². The first kappa shape index (κ1) is 15.1. The summed E-state index contributed by atoms with van der Waals surface area (Å²) < 4.78 is 16.2. The van der Waals surface area contributed by atoms with E-state index in [0.29, 0.717) is 12.0 Å². The van der Waals surface area contributed by atoms with Gasteiger partial charge in [0.25, 0.3) is 0 Å². The van der Waals surface area contributed by atoms with E-state index in [1.54, 1.807) is 14.2 Å². The molecule has 1 fully saturated rings. The van der Waals surface area contributed by atoms with Gasteiger partial charge in [-0.05, 0) is 49.8 Å². The van der Waals surface area contributed by atoms with Crippen molar-refractivity contribution in [1.29, 1.82) is 0 Å². The summed E-state index contributed by atoms with van der Waals surface area (Å²) in [5.41, 5.74) is 7.39. The van der Waals surface area contributed by atoms with Gasteiger partial charge in [0.1, 0.15) is 11.5 Å². The van der Waals surface area contributed by atoms with Gasteiger partial charge in [0, 0.05) is 18.7 Å². The second kappa shape index (κ2) is 6.95. The minimum atomic E-state index is 0.0200. The van der Waals surface area contributed by atoms with E-state index in [2.05, 4.69) is 0 Å². The predicted molar refractivity (Wildman–Crippen MR) is 79.2 cm³/mol. The third kappa shape index (κ3) is 3.64. The van der Waals surface area contributed by atoms with Crippen LogP contribution in [0.15, 0.2) is 18.2 Å². The largest absolute Gasteiger partial charge is 0.497 e. The fraction of sp³-hybridized carbons (Fsp3) is 0.625. The fourth-order valence-electron chi connectivity index (χ4n) is 2.78. The Morgan fingerprint density at radius 2 is 1.75 bits per heavy atom. The van der Waals surface area contributed by atoms with Crippen molar-refractivity contribution in [2.45, 2.75) is 38.3 Å². The van der Waals surface area contributed by atoms with Crippen molar-refractivity contribution >= 4 is 0 Å². The van der Waals surface area contributed by atoms with E-state index < -0.39 is 0 Å². The van der Waals surface area contributed by atoms with Crippen molar-refractivity contribution in [3.8, 4) is 11.5 Å². The monoisotopic (exact) mass is 279 g/mol. The molecule has 0 radical (unpaired) electrons. The van der Waals surface area contributed by atoms with E-state index in [1.165, 1.54) is 0 Å². The molecule has 0 heterocycles. The molecule has 2 N–H and O–H groups in total. The number of hydrogen-bond donors (Lipinski definition) is 1. The van der Waals surface area contributed by atoms with E-state index in [9.17, 15) is 0 Å². The van der Waals surface area contributed by atoms with E-state index in [0.717, 1.165) is 42.9 Å². The number of benzene rings is 1. The third-order valence-corrected chi connectivity index (χ3v) is 3.98. The van der Waals surface area contributed by atoms with Gasteiger partial charge in [0.15, 0.2) is 0 Å². The molecule has 1 aromatic carbocycles. The summed E-state index contributed by atoms with van der Waals surface area (Å²) in [7, 11) is 3.31. The highest BCUT2D eigenvalue weighted by Gasteiger charge is 2.31. The predicted octanol–water partition coefficient (Wildman–Crippen LogP) is 2.91. The van der Waals surface area contributed by atoms with Gasteiger partial charge in [-0.1, -0.05) is 0 Å². The van der Waals surface area contributed by atoms with Crippen molar-refractivity contribution < 1.29 is 14.2 Å². The molecular formula is C16H25NO3. The molecule has 0 amide bonds. The van der Waals surface area contributed by atoms with Crippen molar-refractivity contribution in [2.75, 3.05) is 20.8 Å². The maximum atomic E-state index is 6.32. The first-order valence-corrected chi connectivity index (χ1v) is 7.26. The molecule has 0 aromatic heterocycles. The fourth-order valence-corrected chi connectivity index (χ4v) is 2.78. The first-order valence-electron chi connectivity index (χ1n) is 7.26. The molecule has 20 heavy (non-hydrogen) atoms. The van der Waals surface area contributed by atoms with Crippen LogP contribution in [0, 0.1) is 5.92 Å². The van der Waals surface area contributed by atoms with E-state index >= 15 is 0 Å². The molecule has 0 spiro atoms. The van der Waals surface area contributed by atoms with Crippen molar-refractivity contribution in [3.05, 3.63) is 23.8 Å². The van der Waals surface area contributed by atoms with Crippen molar-refractivity contribution in [2.24, 2.45) is 11.7 Å². The summed E-state index contributed by atoms with van der Waals surface area (Å²) in [6, 6.07) is 5.87. The molecular weight excluding hydrogens is 254 g/mol. The van der Waals surface area contributed by atoms with Gasteiger partial charge in [0.2, 0.25) is 0 Å². The standard InChI is InChI=1S/C16H25NO3/c1-4-20-15-5-11(6-15)7-16(17)12-8-13(18-2)10-14(9-12)19-3/h8-11,15-16H,4-7,17H2,1-3H3. The number of ether oxygens (including phenoxy) is 3. The molecule has 4 nitrogen and oxygen atoms in total. The van der Waals surface area contributed by atoms with Gasteiger partial charge in [-0.15, -0.1) is 0 Å². The Kier molecular flexibility index (Phi) is 5.26. The number of hydrogen-bond acceptors (Lipinski definition) is 4. The Balaban J connectivity index is 1.94. The summed E-state index contributed by atoms with van der Waals surface area (Å²) >= 11 is 0. The lowest BCUT2D eigenvalue weighted by molar-refractivity contribution is -0.0282. The number of rotatable bonds is 7. The molecule has 1 unspecified atom stereocenters. The molecule has 1 aliphatic rings. The van der Waals surface area contributed by atoms with Gasteiger partial charge in [0.05, 0.1) is 20.3 Å². The second-order valence-corrected chi connectivity index (χ2v) is 5.40. The molecule has 112 valence electrons. The van der Waals surface area contributed by atoms with Crippen LogP contribution in [-0.2, 0) is 4.74 Å². The first-order chi connectivity index (χ1) is 9.66. The van der Waals surface area contributed by atoms with Crippen LogP contribution in [0.2, 0.25) is 0 Å². The van der Waals surface area contributed by atoms with Crippen LogP contribution in [0.4, 0.5) is 0 Å². The molecule has 4 heteroatoms. The Labute approximate surface area is 121 Å². The van der Waals surface area contributed by atoms with Gasteiger partial charge in [-0.25, -0.2) is 0 Å². The lowest BCUT2D eigenvalue weighted by atomic mass is 9.77. The van der Waals surface area contributed by atoms with Crippen LogP contribution in [0.25, 0.3) is 0 Å². The normalized spacial score (nSPS) is 23.0. The van der Waals surface area contributed by atoms with Crippen LogP contribution < -0.4 is 15.2 Å². The molecule has 2 rings (SSSR count).